The van der Waals surface area contributed by atoms with Crippen molar-refractivity contribution in [1.82, 2.24) is 4.98 Å². The van der Waals surface area contributed by atoms with Gasteiger partial charge in [-0.3, -0.25) is 4.79 Å². The number of carbonyl (C=O) groups excluding carboxylic acids is 1. The molecule has 1 aromatic carbocycles. The second-order valence-corrected chi connectivity index (χ2v) is 6.34. The van der Waals surface area contributed by atoms with E-state index in [1.165, 1.54) is 10.6 Å². The molecule has 0 bridgehead atoms. The number of nitrogens with zero attached hydrogens (tertiary/aromatic N) is 1. The van der Waals surface area contributed by atoms with Crippen LogP contribution in [0.25, 0.3) is 0 Å². The molecular weight excluding hydrogens is 294 g/mol. The summed E-state index contributed by atoms with van der Waals surface area (Å²) in [4.78, 5) is 17.3. The fourth-order valence-electron chi connectivity index (χ4n) is 2.50. The largest absolute Gasteiger partial charge is 0.370 e. The Labute approximate surface area is 135 Å². The number of nitrogens with one attached hydrogen (secondary N) is 1. The van der Waals surface area contributed by atoms with Crippen LogP contribution in [0.2, 0.25) is 0 Å². The van der Waals surface area contributed by atoms with Crippen LogP contribution in [0.4, 0.5) is 5.13 Å². The van der Waals surface area contributed by atoms with Gasteiger partial charge in [-0.25, -0.2) is 4.98 Å². The maximum Gasteiger partial charge on any atom is 0.218 e. The number of hydrogen-bond donors (Lipinski definition) is 2. The van der Waals surface area contributed by atoms with E-state index in [2.05, 4.69) is 24.1 Å². The fraction of sp³-hybridized carbons (Fsp3) is 0.412. The minimum absolute atomic E-state index is 0.0674. The van der Waals surface area contributed by atoms with Crippen LogP contribution in [0.1, 0.15) is 42.3 Å². The first-order valence-corrected chi connectivity index (χ1v) is 8.51. The lowest BCUT2D eigenvalue weighted by Gasteiger charge is -2.16. The number of carbonyl (C=O) groups is 1. The SMILES string of the molecule is CCc1nc(NCC(CC(N)=O)c2ccccc2)sc1CC. The van der Waals surface area contributed by atoms with E-state index in [9.17, 15) is 4.79 Å². The quantitative estimate of drug-likeness (QED) is 0.784. The standard InChI is InChI=1S/C17H23N3OS/c1-3-14-15(4-2)22-17(20-14)19-11-13(10-16(18)21)12-8-6-5-7-9-12/h5-9,13H,3-4,10-11H2,1-2H3,(H2,18,21)(H,19,20). The number of primary amides is 1. The molecule has 0 saturated heterocycles. The first kappa shape index (κ1) is 16.5. The summed E-state index contributed by atoms with van der Waals surface area (Å²) in [5.74, 6) is -0.212. The van der Waals surface area contributed by atoms with Crippen LogP contribution >= 0.6 is 11.3 Å². The highest BCUT2D eigenvalue weighted by Crippen LogP contribution is 2.26. The summed E-state index contributed by atoms with van der Waals surface area (Å²) in [6.45, 7) is 4.93. The van der Waals surface area contributed by atoms with Crippen molar-refractivity contribution in [1.29, 1.82) is 0 Å². The Morgan fingerprint density at radius 1 is 1.27 bits per heavy atom. The third-order valence-electron chi connectivity index (χ3n) is 3.65. The van der Waals surface area contributed by atoms with Gasteiger partial charge in [-0.05, 0) is 18.4 Å². The van der Waals surface area contributed by atoms with Crippen molar-refractivity contribution in [3.63, 3.8) is 0 Å². The van der Waals surface area contributed by atoms with E-state index in [0.717, 1.165) is 23.5 Å². The summed E-state index contributed by atoms with van der Waals surface area (Å²) in [6, 6.07) is 10.0. The monoisotopic (exact) mass is 317 g/mol. The van der Waals surface area contributed by atoms with E-state index in [1.807, 2.05) is 30.3 Å². The van der Waals surface area contributed by atoms with Crippen LogP contribution in [-0.2, 0) is 17.6 Å². The Bertz CT molecular complexity index is 588. The number of benzene rings is 1. The molecule has 1 aromatic heterocycles. The zero-order valence-electron chi connectivity index (χ0n) is 13.1. The Morgan fingerprint density at radius 2 is 2.00 bits per heavy atom. The molecule has 0 fully saturated rings. The first-order chi connectivity index (χ1) is 10.6. The molecule has 1 amide bonds. The number of anilines is 1. The van der Waals surface area contributed by atoms with Gasteiger partial charge in [0.15, 0.2) is 5.13 Å². The van der Waals surface area contributed by atoms with Gasteiger partial charge in [0, 0.05) is 23.8 Å². The third-order valence-corrected chi connectivity index (χ3v) is 4.85. The molecule has 2 rings (SSSR count). The summed E-state index contributed by atoms with van der Waals surface area (Å²) < 4.78 is 0. The van der Waals surface area contributed by atoms with Gasteiger partial charge in [-0.2, -0.15) is 0 Å². The summed E-state index contributed by atoms with van der Waals surface area (Å²) in [6.07, 6.45) is 2.29. The maximum absolute atomic E-state index is 11.3. The van der Waals surface area contributed by atoms with E-state index in [1.54, 1.807) is 11.3 Å². The molecule has 2 aromatic rings. The molecule has 118 valence electrons. The highest BCUT2D eigenvalue weighted by Gasteiger charge is 2.15. The highest BCUT2D eigenvalue weighted by molar-refractivity contribution is 7.15. The zero-order valence-corrected chi connectivity index (χ0v) is 14.0. The van der Waals surface area contributed by atoms with Crippen molar-refractivity contribution in [2.24, 2.45) is 5.73 Å². The van der Waals surface area contributed by atoms with Gasteiger partial charge in [0.25, 0.3) is 0 Å². The number of nitrogens with two attached hydrogens (primary N) is 1. The Hall–Kier alpha value is -1.88. The van der Waals surface area contributed by atoms with Crippen molar-refractivity contribution in [2.45, 2.75) is 39.0 Å². The molecule has 1 heterocycles. The van der Waals surface area contributed by atoms with Gasteiger partial charge in [0.05, 0.1) is 5.69 Å². The molecule has 0 aliphatic rings. The van der Waals surface area contributed by atoms with Crippen molar-refractivity contribution < 1.29 is 4.79 Å². The maximum atomic E-state index is 11.3. The van der Waals surface area contributed by atoms with Crippen LogP contribution < -0.4 is 11.1 Å². The van der Waals surface area contributed by atoms with Crippen LogP contribution in [0.3, 0.4) is 0 Å². The van der Waals surface area contributed by atoms with Crippen molar-refractivity contribution in [3.8, 4) is 0 Å². The lowest BCUT2D eigenvalue weighted by Crippen LogP contribution is -2.20. The van der Waals surface area contributed by atoms with Crippen LogP contribution in [0.15, 0.2) is 30.3 Å². The molecule has 1 atom stereocenters. The third kappa shape index (κ3) is 4.31. The van der Waals surface area contributed by atoms with Crippen molar-refractivity contribution in [2.75, 3.05) is 11.9 Å². The molecule has 22 heavy (non-hydrogen) atoms. The fourth-order valence-corrected chi connectivity index (χ4v) is 3.49. The summed E-state index contributed by atoms with van der Waals surface area (Å²) >= 11 is 1.70. The van der Waals surface area contributed by atoms with E-state index in [4.69, 9.17) is 5.73 Å². The Balaban J connectivity index is 2.08. The van der Waals surface area contributed by atoms with Gasteiger partial charge < -0.3 is 11.1 Å². The topological polar surface area (TPSA) is 68.0 Å². The van der Waals surface area contributed by atoms with Gasteiger partial charge in [0.1, 0.15) is 0 Å². The van der Waals surface area contributed by atoms with Crippen LogP contribution in [-0.4, -0.2) is 17.4 Å². The molecule has 3 N–H and O–H groups in total. The van der Waals surface area contributed by atoms with E-state index in [0.29, 0.717) is 13.0 Å². The van der Waals surface area contributed by atoms with E-state index < -0.39 is 0 Å². The normalized spacial score (nSPS) is 12.1. The second kappa shape index (κ2) is 7.94. The average molecular weight is 317 g/mol. The lowest BCUT2D eigenvalue weighted by molar-refractivity contribution is -0.118. The number of hydrogen-bond acceptors (Lipinski definition) is 4. The summed E-state index contributed by atoms with van der Waals surface area (Å²) in [5, 5.41) is 4.31. The molecule has 0 aliphatic carbocycles. The number of aryl methyl sites for hydroxylation is 2. The number of rotatable bonds is 8. The first-order valence-electron chi connectivity index (χ1n) is 7.69. The minimum Gasteiger partial charge on any atom is -0.370 e. The number of amides is 1. The summed E-state index contributed by atoms with van der Waals surface area (Å²) in [5.41, 5.74) is 7.68. The Morgan fingerprint density at radius 3 is 2.55 bits per heavy atom. The molecular formula is C17H23N3OS. The molecule has 5 heteroatoms. The van der Waals surface area contributed by atoms with Crippen molar-refractivity contribution in [3.05, 3.63) is 46.5 Å². The highest BCUT2D eigenvalue weighted by atomic mass is 32.1. The predicted molar refractivity (Wildman–Crippen MR) is 92.4 cm³/mol. The minimum atomic E-state index is -0.279. The molecule has 4 nitrogen and oxygen atoms in total. The van der Waals surface area contributed by atoms with E-state index >= 15 is 0 Å². The molecule has 0 saturated carbocycles. The summed E-state index contributed by atoms with van der Waals surface area (Å²) in [7, 11) is 0. The number of aromatic nitrogens is 1. The lowest BCUT2D eigenvalue weighted by atomic mass is 9.95. The van der Waals surface area contributed by atoms with Crippen LogP contribution in [0.5, 0.6) is 0 Å². The molecule has 1 unspecified atom stereocenters. The van der Waals surface area contributed by atoms with Crippen molar-refractivity contribution >= 4 is 22.4 Å². The molecule has 0 aliphatic heterocycles. The molecule has 0 radical (unpaired) electrons. The number of thiazole rings is 1. The Kier molecular flexibility index (Phi) is 5.95. The van der Waals surface area contributed by atoms with E-state index in [-0.39, 0.29) is 11.8 Å². The van der Waals surface area contributed by atoms with Gasteiger partial charge in [-0.1, -0.05) is 44.2 Å². The average Bonchev–Trinajstić information content (AvgIpc) is 2.94. The van der Waals surface area contributed by atoms with Gasteiger partial charge in [-0.15, -0.1) is 11.3 Å². The molecule has 0 spiro atoms. The van der Waals surface area contributed by atoms with Gasteiger partial charge in [0.2, 0.25) is 5.91 Å². The van der Waals surface area contributed by atoms with Crippen LogP contribution in [0, 0.1) is 0 Å². The zero-order chi connectivity index (χ0) is 15.9. The smallest absolute Gasteiger partial charge is 0.218 e. The second-order valence-electron chi connectivity index (χ2n) is 5.25. The van der Waals surface area contributed by atoms with Gasteiger partial charge >= 0.3 is 0 Å². The predicted octanol–water partition coefficient (Wildman–Crippen LogP) is 3.34.